The standard InChI is InChI=1S/C18H13BrCl2/c1-11-6-7-12(20)10-16(11)18(19)15-8-9-17(21)14-5-3-2-4-13(14)15/h2-10,18H,1H3. The van der Waals surface area contributed by atoms with Crippen molar-refractivity contribution < 1.29 is 0 Å². The summed E-state index contributed by atoms with van der Waals surface area (Å²) in [5.41, 5.74) is 3.58. The summed E-state index contributed by atoms with van der Waals surface area (Å²) in [7, 11) is 0. The smallest absolute Gasteiger partial charge is 0.0653 e. The second-order valence-corrected chi connectivity index (χ2v) is 6.80. The molecule has 21 heavy (non-hydrogen) atoms. The molecular weight excluding hydrogens is 367 g/mol. The van der Waals surface area contributed by atoms with Crippen molar-refractivity contribution in [3.8, 4) is 0 Å². The van der Waals surface area contributed by atoms with Gasteiger partial charge in [-0.05, 0) is 47.2 Å². The third-order valence-electron chi connectivity index (χ3n) is 3.69. The summed E-state index contributed by atoms with van der Waals surface area (Å²) in [6, 6.07) is 18.2. The van der Waals surface area contributed by atoms with E-state index >= 15 is 0 Å². The molecule has 0 radical (unpaired) electrons. The molecule has 0 spiro atoms. The second-order valence-electron chi connectivity index (χ2n) is 5.05. The third-order valence-corrected chi connectivity index (χ3v) is 5.24. The Hall–Kier alpha value is -1.02. The molecule has 0 fully saturated rings. The lowest BCUT2D eigenvalue weighted by Crippen LogP contribution is -1.97. The Bertz CT molecular complexity index is 811. The predicted molar refractivity (Wildman–Crippen MR) is 95.9 cm³/mol. The first-order valence-corrected chi connectivity index (χ1v) is 8.32. The van der Waals surface area contributed by atoms with E-state index in [1.54, 1.807) is 0 Å². The zero-order valence-electron chi connectivity index (χ0n) is 11.4. The largest absolute Gasteiger partial charge is 0.0843 e. The lowest BCUT2D eigenvalue weighted by Gasteiger charge is -2.17. The van der Waals surface area contributed by atoms with Gasteiger partial charge in [-0.15, -0.1) is 0 Å². The van der Waals surface area contributed by atoms with Crippen LogP contribution in [0.2, 0.25) is 10.0 Å². The lowest BCUT2D eigenvalue weighted by atomic mass is 9.96. The number of halogens is 3. The van der Waals surface area contributed by atoms with Gasteiger partial charge in [0, 0.05) is 15.4 Å². The van der Waals surface area contributed by atoms with Crippen LogP contribution in [0.1, 0.15) is 21.5 Å². The number of aryl methyl sites for hydroxylation is 1. The summed E-state index contributed by atoms with van der Waals surface area (Å²) in [6.07, 6.45) is 0. The Kier molecular flexibility index (Phi) is 4.26. The Labute approximate surface area is 142 Å². The highest BCUT2D eigenvalue weighted by Gasteiger charge is 2.16. The number of hydrogen-bond acceptors (Lipinski definition) is 0. The molecule has 0 heterocycles. The van der Waals surface area contributed by atoms with Gasteiger partial charge in [0.1, 0.15) is 0 Å². The maximum absolute atomic E-state index is 6.30. The molecule has 0 bridgehead atoms. The van der Waals surface area contributed by atoms with Gasteiger partial charge in [0.15, 0.2) is 0 Å². The lowest BCUT2D eigenvalue weighted by molar-refractivity contribution is 1.16. The second kappa shape index (κ2) is 6.00. The fourth-order valence-corrected chi connectivity index (χ4v) is 3.86. The average Bonchev–Trinajstić information content (AvgIpc) is 2.50. The van der Waals surface area contributed by atoms with Crippen molar-refractivity contribution in [2.24, 2.45) is 0 Å². The van der Waals surface area contributed by atoms with E-state index in [9.17, 15) is 0 Å². The Morgan fingerprint density at radius 2 is 1.57 bits per heavy atom. The molecule has 3 rings (SSSR count). The quantitative estimate of drug-likeness (QED) is 0.423. The highest BCUT2D eigenvalue weighted by molar-refractivity contribution is 9.09. The van der Waals surface area contributed by atoms with E-state index in [-0.39, 0.29) is 4.83 Å². The monoisotopic (exact) mass is 378 g/mol. The van der Waals surface area contributed by atoms with Gasteiger partial charge in [-0.3, -0.25) is 0 Å². The topological polar surface area (TPSA) is 0 Å². The maximum atomic E-state index is 6.30. The van der Waals surface area contributed by atoms with Gasteiger partial charge in [-0.1, -0.05) is 75.5 Å². The van der Waals surface area contributed by atoms with Gasteiger partial charge in [0.05, 0.1) is 4.83 Å². The minimum atomic E-state index is 0.0818. The van der Waals surface area contributed by atoms with E-state index in [0.29, 0.717) is 0 Å². The molecule has 0 saturated heterocycles. The average molecular weight is 380 g/mol. The molecule has 0 aliphatic carbocycles. The number of alkyl halides is 1. The third kappa shape index (κ3) is 2.83. The summed E-state index contributed by atoms with van der Waals surface area (Å²) in [4.78, 5) is 0.0818. The molecular formula is C18H13BrCl2. The van der Waals surface area contributed by atoms with Gasteiger partial charge in [-0.25, -0.2) is 0 Å². The van der Waals surface area contributed by atoms with Crippen molar-refractivity contribution >= 4 is 49.9 Å². The van der Waals surface area contributed by atoms with E-state index in [2.05, 4.69) is 35.0 Å². The van der Waals surface area contributed by atoms with Gasteiger partial charge >= 0.3 is 0 Å². The first-order chi connectivity index (χ1) is 10.1. The fraction of sp³-hybridized carbons (Fsp3) is 0.111. The normalized spacial score (nSPS) is 12.6. The number of hydrogen-bond donors (Lipinski definition) is 0. The molecule has 0 nitrogen and oxygen atoms in total. The molecule has 0 aromatic heterocycles. The molecule has 0 saturated carbocycles. The van der Waals surface area contributed by atoms with Crippen molar-refractivity contribution in [2.45, 2.75) is 11.8 Å². The van der Waals surface area contributed by atoms with Crippen molar-refractivity contribution in [3.63, 3.8) is 0 Å². The van der Waals surface area contributed by atoms with E-state index in [4.69, 9.17) is 23.2 Å². The van der Waals surface area contributed by atoms with Crippen molar-refractivity contribution in [2.75, 3.05) is 0 Å². The summed E-state index contributed by atoms with van der Waals surface area (Å²) in [6.45, 7) is 2.10. The van der Waals surface area contributed by atoms with Gasteiger partial charge < -0.3 is 0 Å². The van der Waals surface area contributed by atoms with Crippen LogP contribution < -0.4 is 0 Å². The zero-order valence-corrected chi connectivity index (χ0v) is 14.5. The minimum absolute atomic E-state index is 0.0818. The Balaban J connectivity index is 2.20. The van der Waals surface area contributed by atoms with E-state index in [0.717, 1.165) is 20.8 Å². The summed E-state index contributed by atoms with van der Waals surface area (Å²) < 4.78 is 0. The summed E-state index contributed by atoms with van der Waals surface area (Å²) in [5.74, 6) is 0. The fourth-order valence-electron chi connectivity index (χ4n) is 2.56. The van der Waals surface area contributed by atoms with Crippen LogP contribution >= 0.6 is 39.1 Å². The van der Waals surface area contributed by atoms with Crippen LogP contribution in [0, 0.1) is 6.92 Å². The molecule has 0 aliphatic heterocycles. The maximum Gasteiger partial charge on any atom is 0.0653 e. The predicted octanol–water partition coefficient (Wildman–Crippen LogP) is 6.94. The molecule has 3 heteroatoms. The number of rotatable bonds is 2. The molecule has 0 N–H and O–H groups in total. The van der Waals surface area contributed by atoms with Crippen LogP contribution in [-0.4, -0.2) is 0 Å². The van der Waals surface area contributed by atoms with Crippen LogP contribution in [0.3, 0.4) is 0 Å². The van der Waals surface area contributed by atoms with Crippen LogP contribution in [-0.2, 0) is 0 Å². The Morgan fingerprint density at radius 3 is 2.33 bits per heavy atom. The van der Waals surface area contributed by atoms with E-state index in [1.807, 2.05) is 42.5 Å². The molecule has 0 amide bonds. The molecule has 3 aromatic rings. The molecule has 3 aromatic carbocycles. The first-order valence-electron chi connectivity index (χ1n) is 6.65. The van der Waals surface area contributed by atoms with E-state index < -0.39 is 0 Å². The summed E-state index contributed by atoms with van der Waals surface area (Å²) in [5, 5.41) is 3.75. The van der Waals surface area contributed by atoms with Gasteiger partial charge in [0.25, 0.3) is 0 Å². The van der Waals surface area contributed by atoms with Crippen LogP contribution in [0.5, 0.6) is 0 Å². The van der Waals surface area contributed by atoms with Crippen molar-refractivity contribution in [1.82, 2.24) is 0 Å². The van der Waals surface area contributed by atoms with Crippen molar-refractivity contribution in [1.29, 1.82) is 0 Å². The number of benzene rings is 3. The van der Waals surface area contributed by atoms with Crippen LogP contribution in [0.4, 0.5) is 0 Å². The minimum Gasteiger partial charge on any atom is -0.0843 e. The highest BCUT2D eigenvalue weighted by atomic mass is 79.9. The molecule has 0 aliphatic rings. The Morgan fingerprint density at radius 1 is 0.857 bits per heavy atom. The van der Waals surface area contributed by atoms with Crippen molar-refractivity contribution in [3.05, 3.63) is 81.3 Å². The molecule has 1 unspecified atom stereocenters. The zero-order chi connectivity index (χ0) is 15.0. The van der Waals surface area contributed by atoms with E-state index in [1.165, 1.54) is 16.7 Å². The van der Waals surface area contributed by atoms with Gasteiger partial charge in [-0.2, -0.15) is 0 Å². The molecule has 106 valence electrons. The first kappa shape index (κ1) is 14.9. The highest BCUT2D eigenvalue weighted by Crippen LogP contribution is 2.39. The summed E-state index contributed by atoms with van der Waals surface area (Å²) >= 11 is 16.3. The van der Waals surface area contributed by atoms with Crippen LogP contribution in [0.15, 0.2) is 54.6 Å². The molecule has 1 atom stereocenters. The van der Waals surface area contributed by atoms with Crippen LogP contribution in [0.25, 0.3) is 10.8 Å². The SMILES string of the molecule is Cc1ccc(Cl)cc1C(Br)c1ccc(Cl)c2ccccc12. The van der Waals surface area contributed by atoms with Gasteiger partial charge in [0.2, 0.25) is 0 Å². The number of fused-ring (bicyclic) bond motifs is 1.